The number of hydrogen-bond donors (Lipinski definition) is 1. The summed E-state index contributed by atoms with van der Waals surface area (Å²) in [6.45, 7) is 7.48. The Morgan fingerprint density at radius 1 is 1.09 bits per heavy atom. The second kappa shape index (κ2) is 14.0. The molecule has 0 saturated carbocycles. The predicted octanol–water partition coefficient (Wildman–Crippen LogP) is 4.59. The van der Waals surface area contributed by atoms with Crippen LogP contribution in [0, 0.1) is 24.0 Å². The Bertz CT molecular complexity index is 1640. The van der Waals surface area contributed by atoms with Crippen molar-refractivity contribution in [3.05, 3.63) is 71.1 Å². The number of rotatable bonds is 12. The molecule has 0 unspecified atom stereocenters. The van der Waals surface area contributed by atoms with Crippen molar-refractivity contribution in [1.82, 2.24) is 19.5 Å². The molecule has 2 aromatic carbocycles. The third-order valence-electron chi connectivity index (χ3n) is 6.40. The van der Waals surface area contributed by atoms with Crippen molar-refractivity contribution in [3.63, 3.8) is 0 Å². The van der Waals surface area contributed by atoms with Gasteiger partial charge in [-0.2, -0.15) is 18.3 Å². The number of esters is 1. The molecule has 45 heavy (non-hydrogen) atoms. The summed E-state index contributed by atoms with van der Waals surface area (Å²) < 4.78 is 74.5. The summed E-state index contributed by atoms with van der Waals surface area (Å²) in [6, 6.07) is 11.0. The zero-order valence-electron chi connectivity index (χ0n) is 25.3. The van der Waals surface area contributed by atoms with Gasteiger partial charge in [0, 0.05) is 5.56 Å². The number of alkyl halides is 3. The molecule has 0 fully saturated rings. The molecule has 3 aromatic rings. The zero-order valence-corrected chi connectivity index (χ0v) is 26.1. The van der Waals surface area contributed by atoms with Crippen LogP contribution in [0.4, 0.5) is 13.2 Å². The lowest BCUT2D eigenvalue weighted by Gasteiger charge is -2.25. The molecule has 0 aliphatic rings. The first kappa shape index (κ1) is 34.8. The SMILES string of the molecule is Cc1ccc(-c2cc(C(F)(F)F)nn2-c2ccc(S(=O)(=O)NC(=O)[C@H](C(C)C)N(C)[N+]([O-])=NOCOC(=O)C(C)C)cc2)cc1. The van der Waals surface area contributed by atoms with Gasteiger partial charge in [0.25, 0.3) is 22.7 Å². The van der Waals surface area contributed by atoms with Gasteiger partial charge in [0.1, 0.15) is 0 Å². The maximum absolute atomic E-state index is 13.5. The minimum Gasteiger partial charge on any atom is -0.569 e. The van der Waals surface area contributed by atoms with Gasteiger partial charge in [0.15, 0.2) is 11.7 Å². The van der Waals surface area contributed by atoms with Crippen LogP contribution in [-0.2, 0) is 35.4 Å². The molecule has 1 heterocycles. The minimum absolute atomic E-state index is 0.0974. The fourth-order valence-electron chi connectivity index (χ4n) is 4.06. The van der Waals surface area contributed by atoms with Crippen LogP contribution in [0.25, 0.3) is 16.9 Å². The van der Waals surface area contributed by atoms with Crippen LogP contribution >= 0.6 is 0 Å². The molecule has 0 bridgehead atoms. The number of carbonyl (C=O) groups excluding carboxylic acids is 2. The average Bonchev–Trinajstić information content (AvgIpc) is 3.41. The normalized spacial score (nSPS) is 13.1. The van der Waals surface area contributed by atoms with Crippen LogP contribution in [0.1, 0.15) is 39.0 Å². The lowest BCUT2D eigenvalue weighted by atomic mass is 10.0. The lowest BCUT2D eigenvalue weighted by molar-refractivity contribution is -0.712. The van der Waals surface area contributed by atoms with Crippen LogP contribution in [-0.4, -0.2) is 59.9 Å². The van der Waals surface area contributed by atoms with Gasteiger partial charge in [-0.3, -0.25) is 9.59 Å². The van der Waals surface area contributed by atoms with Crippen molar-refractivity contribution in [3.8, 4) is 16.9 Å². The number of carbonyl (C=O) groups is 2. The number of amides is 1. The predicted molar refractivity (Wildman–Crippen MR) is 153 cm³/mol. The number of hydrogen-bond acceptors (Lipinski definition) is 9. The van der Waals surface area contributed by atoms with Gasteiger partial charge in [-0.15, -0.1) is 5.01 Å². The van der Waals surface area contributed by atoms with Gasteiger partial charge in [0.2, 0.25) is 5.28 Å². The molecule has 0 saturated heterocycles. The molecule has 0 radical (unpaired) electrons. The first-order chi connectivity index (χ1) is 20.9. The van der Waals surface area contributed by atoms with E-state index >= 15 is 0 Å². The van der Waals surface area contributed by atoms with Crippen LogP contribution in [0.3, 0.4) is 0 Å². The van der Waals surface area contributed by atoms with E-state index in [0.717, 1.165) is 33.5 Å². The van der Waals surface area contributed by atoms with E-state index in [-0.39, 0.29) is 21.2 Å². The molecule has 17 heteroatoms. The first-order valence-electron chi connectivity index (χ1n) is 13.5. The fourth-order valence-corrected chi connectivity index (χ4v) is 5.05. The van der Waals surface area contributed by atoms with E-state index in [0.29, 0.717) is 5.56 Å². The standard InChI is InChI=1S/C28H33F3N6O7S/c1-17(2)25(35(6)37(40)34-44-16-43-27(39)18(3)4)26(38)33-45(41,42)22-13-11-21(12-14-22)36-23(15-24(32-36)28(29,30)31)20-9-7-19(5)8-10-20/h7-15,17-18,25H,16H2,1-6H3,(H,33,38)/t25-/m0/s1. The molecule has 0 aliphatic carbocycles. The fraction of sp³-hybridized carbons (Fsp3) is 0.393. The number of aromatic nitrogens is 2. The summed E-state index contributed by atoms with van der Waals surface area (Å²) >= 11 is 0. The Balaban J connectivity index is 1.81. The summed E-state index contributed by atoms with van der Waals surface area (Å²) in [4.78, 5) is 28.7. The zero-order chi connectivity index (χ0) is 33.7. The van der Waals surface area contributed by atoms with Crippen LogP contribution in [0.5, 0.6) is 0 Å². The van der Waals surface area contributed by atoms with Crippen molar-refractivity contribution in [1.29, 1.82) is 0 Å². The van der Waals surface area contributed by atoms with E-state index in [1.165, 1.54) is 19.2 Å². The summed E-state index contributed by atoms with van der Waals surface area (Å²) in [6.07, 6.45) is -4.72. The quantitative estimate of drug-likeness (QED) is 0.0736. The molecular weight excluding hydrogens is 621 g/mol. The largest absolute Gasteiger partial charge is 0.569 e. The van der Waals surface area contributed by atoms with E-state index in [1.54, 1.807) is 52.0 Å². The first-order valence-corrected chi connectivity index (χ1v) is 15.0. The van der Waals surface area contributed by atoms with Gasteiger partial charge in [-0.25, -0.2) is 17.8 Å². The van der Waals surface area contributed by atoms with Gasteiger partial charge >= 0.3 is 12.1 Å². The number of aryl methyl sites for hydroxylation is 1. The number of benzene rings is 2. The van der Waals surface area contributed by atoms with E-state index in [9.17, 15) is 36.4 Å². The molecule has 13 nitrogen and oxygen atoms in total. The molecule has 1 amide bonds. The number of nitrogens with one attached hydrogen (secondary N) is 1. The second-order valence-electron chi connectivity index (χ2n) is 10.6. The van der Waals surface area contributed by atoms with Crippen LogP contribution < -0.4 is 4.72 Å². The highest BCUT2D eigenvalue weighted by Gasteiger charge is 2.36. The average molecular weight is 655 g/mol. The monoisotopic (exact) mass is 654 g/mol. The third kappa shape index (κ3) is 8.71. The Hall–Kier alpha value is -4.67. The summed E-state index contributed by atoms with van der Waals surface area (Å²) in [5.74, 6) is -2.69. The van der Waals surface area contributed by atoms with Gasteiger partial charge in [0.05, 0.1) is 34.2 Å². The molecule has 0 aliphatic heterocycles. The molecule has 3 rings (SSSR count). The molecular formula is C28H33F3N6O7S. The number of sulfonamides is 1. The maximum Gasteiger partial charge on any atom is 0.435 e. The smallest absolute Gasteiger partial charge is 0.435 e. The molecule has 1 N–H and O–H groups in total. The Morgan fingerprint density at radius 2 is 1.69 bits per heavy atom. The number of likely N-dealkylation sites (N-methyl/N-ethyl adjacent to an activating group) is 1. The van der Waals surface area contributed by atoms with Gasteiger partial charge in [-0.1, -0.05) is 57.5 Å². The van der Waals surface area contributed by atoms with Gasteiger partial charge in [-0.05, 0) is 43.2 Å². The molecule has 0 spiro atoms. The summed E-state index contributed by atoms with van der Waals surface area (Å²) in [5.41, 5.74) is 0.487. The van der Waals surface area contributed by atoms with Crippen molar-refractivity contribution in [2.45, 2.75) is 51.7 Å². The summed E-state index contributed by atoms with van der Waals surface area (Å²) in [5, 5.41) is 20.1. The number of halogens is 3. The Labute approximate surface area is 257 Å². The number of nitrogens with zero attached hydrogens (tertiary/aromatic N) is 5. The van der Waals surface area contributed by atoms with Crippen molar-refractivity contribution in [2.75, 3.05) is 13.8 Å². The Kier molecular flexibility index (Phi) is 10.8. The second-order valence-corrected chi connectivity index (χ2v) is 12.3. The Morgan fingerprint density at radius 3 is 2.22 bits per heavy atom. The summed E-state index contributed by atoms with van der Waals surface area (Å²) in [7, 11) is -3.32. The topological polar surface area (TPSA) is 158 Å². The van der Waals surface area contributed by atoms with Gasteiger partial charge < -0.3 is 14.8 Å². The maximum atomic E-state index is 13.5. The number of ether oxygens (including phenoxy) is 1. The number of hydrazine groups is 1. The van der Waals surface area contributed by atoms with Crippen LogP contribution in [0.2, 0.25) is 0 Å². The van der Waals surface area contributed by atoms with Crippen LogP contribution in [0.15, 0.2) is 64.8 Å². The van der Waals surface area contributed by atoms with E-state index in [4.69, 9.17) is 4.74 Å². The third-order valence-corrected chi connectivity index (χ3v) is 7.76. The van der Waals surface area contributed by atoms with E-state index in [2.05, 4.69) is 15.2 Å². The van der Waals surface area contributed by atoms with Crippen molar-refractivity contribution < 1.29 is 45.7 Å². The molecule has 1 aromatic heterocycles. The molecule has 1 atom stereocenters. The highest BCUT2D eigenvalue weighted by Crippen LogP contribution is 2.33. The van der Waals surface area contributed by atoms with E-state index in [1.807, 2.05) is 11.6 Å². The highest BCUT2D eigenvalue weighted by molar-refractivity contribution is 7.90. The highest BCUT2D eigenvalue weighted by atomic mass is 32.2. The molecule has 244 valence electrons. The van der Waals surface area contributed by atoms with Crippen molar-refractivity contribution >= 4 is 21.9 Å². The minimum atomic E-state index is -4.72. The van der Waals surface area contributed by atoms with E-state index < -0.39 is 58.4 Å². The van der Waals surface area contributed by atoms with Crippen molar-refractivity contribution in [2.24, 2.45) is 17.1 Å². The lowest BCUT2D eigenvalue weighted by Crippen LogP contribution is -2.51.